The molecule has 2 heteroatoms. The lowest BCUT2D eigenvalue weighted by Gasteiger charge is -2.16. The molecule has 0 aromatic carbocycles. The SMILES string of the molecule is CC1(C)CC2(CO1)C(CN)C2(C)C. The fraction of sp³-hybridized carbons (Fsp3) is 1.00. The highest BCUT2D eigenvalue weighted by Crippen LogP contribution is 2.73. The van der Waals surface area contributed by atoms with Crippen LogP contribution in [-0.4, -0.2) is 18.8 Å². The molecular formula is C11H21NO. The van der Waals surface area contributed by atoms with Crippen molar-refractivity contribution in [1.82, 2.24) is 0 Å². The molecule has 0 aromatic rings. The van der Waals surface area contributed by atoms with E-state index in [2.05, 4.69) is 27.7 Å². The zero-order valence-corrected chi connectivity index (χ0v) is 9.18. The quantitative estimate of drug-likeness (QED) is 0.672. The largest absolute Gasteiger partial charge is 0.375 e. The lowest BCUT2D eigenvalue weighted by molar-refractivity contribution is 0.0334. The first-order chi connectivity index (χ1) is 5.86. The van der Waals surface area contributed by atoms with Gasteiger partial charge in [0.2, 0.25) is 0 Å². The Morgan fingerprint density at radius 2 is 1.92 bits per heavy atom. The average molecular weight is 183 g/mol. The van der Waals surface area contributed by atoms with E-state index in [1.165, 1.54) is 6.42 Å². The topological polar surface area (TPSA) is 35.2 Å². The van der Waals surface area contributed by atoms with Crippen molar-refractivity contribution in [2.45, 2.75) is 39.7 Å². The van der Waals surface area contributed by atoms with Crippen LogP contribution in [0.1, 0.15) is 34.1 Å². The van der Waals surface area contributed by atoms with Crippen LogP contribution in [0.15, 0.2) is 0 Å². The normalized spacial score (nSPS) is 45.5. The third-order valence-corrected chi connectivity index (χ3v) is 4.44. The first-order valence-electron chi connectivity index (χ1n) is 5.20. The molecule has 0 aromatic heterocycles. The molecule has 0 amide bonds. The Bertz CT molecular complexity index is 234. The van der Waals surface area contributed by atoms with E-state index in [4.69, 9.17) is 10.5 Å². The van der Waals surface area contributed by atoms with Crippen LogP contribution in [0.3, 0.4) is 0 Å². The summed E-state index contributed by atoms with van der Waals surface area (Å²) in [5.41, 5.74) is 6.66. The van der Waals surface area contributed by atoms with Crippen LogP contribution < -0.4 is 5.73 Å². The lowest BCUT2D eigenvalue weighted by Crippen LogP contribution is -2.18. The standard InChI is InChI=1S/C11H21NO/c1-9(2)6-11(7-13-9)8(5-12)10(11,3)4/h8H,5-7,12H2,1-4H3. The van der Waals surface area contributed by atoms with Crippen LogP contribution in [0.5, 0.6) is 0 Å². The highest BCUT2D eigenvalue weighted by molar-refractivity contribution is 5.21. The van der Waals surface area contributed by atoms with Gasteiger partial charge in [0.1, 0.15) is 0 Å². The number of rotatable bonds is 1. The summed E-state index contributed by atoms with van der Waals surface area (Å²) in [6.07, 6.45) is 1.18. The van der Waals surface area contributed by atoms with Crippen molar-refractivity contribution in [2.75, 3.05) is 13.2 Å². The molecule has 2 aliphatic rings. The van der Waals surface area contributed by atoms with Gasteiger partial charge in [-0.2, -0.15) is 0 Å². The van der Waals surface area contributed by atoms with Crippen LogP contribution >= 0.6 is 0 Å². The summed E-state index contributed by atoms with van der Waals surface area (Å²) in [4.78, 5) is 0. The molecule has 1 heterocycles. The molecule has 1 aliphatic carbocycles. The fourth-order valence-corrected chi connectivity index (χ4v) is 3.41. The summed E-state index contributed by atoms with van der Waals surface area (Å²) >= 11 is 0. The van der Waals surface area contributed by atoms with Gasteiger partial charge in [0, 0.05) is 5.41 Å². The van der Waals surface area contributed by atoms with E-state index in [0.29, 0.717) is 16.7 Å². The fourth-order valence-electron chi connectivity index (χ4n) is 3.41. The van der Waals surface area contributed by atoms with Crippen molar-refractivity contribution in [1.29, 1.82) is 0 Å². The molecule has 0 radical (unpaired) electrons. The van der Waals surface area contributed by atoms with Gasteiger partial charge in [0.15, 0.2) is 0 Å². The predicted molar refractivity (Wildman–Crippen MR) is 53.4 cm³/mol. The summed E-state index contributed by atoms with van der Waals surface area (Å²) in [6, 6.07) is 0. The Hall–Kier alpha value is -0.0800. The molecule has 2 atom stereocenters. The lowest BCUT2D eigenvalue weighted by atomic mass is 9.88. The zero-order chi connectivity index (χ0) is 9.91. The Morgan fingerprint density at radius 1 is 1.31 bits per heavy atom. The van der Waals surface area contributed by atoms with Gasteiger partial charge in [0.05, 0.1) is 12.2 Å². The number of hydrogen-bond acceptors (Lipinski definition) is 2. The smallest absolute Gasteiger partial charge is 0.0633 e. The maximum Gasteiger partial charge on any atom is 0.0633 e. The number of nitrogens with two attached hydrogens (primary N) is 1. The molecule has 13 heavy (non-hydrogen) atoms. The van der Waals surface area contributed by atoms with Crippen LogP contribution in [0.25, 0.3) is 0 Å². The summed E-state index contributed by atoms with van der Waals surface area (Å²) < 4.78 is 5.83. The van der Waals surface area contributed by atoms with Crippen molar-refractivity contribution in [2.24, 2.45) is 22.5 Å². The van der Waals surface area contributed by atoms with E-state index >= 15 is 0 Å². The molecule has 2 nitrogen and oxygen atoms in total. The molecule has 1 aliphatic heterocycles. The van der Waals surface area contributed by atoms with Gasteiger partial charge in [-0.15, -0.1) is 0 Å². The van der Waals surface area contributed by atoms with Crippen LogP contribution in [0.2, 0.25) is 0 Å². The Balaban J connectivity index is 2.19. The molecule has 0 bridgehead atoms. The van der Waals surface area contributed by atoms with Crippen molar-refractivity contribution in [3.8, 4) is 0 Å². The number of hydrogen-bond donors (Lipinski definition) is 1. The van der Waals surface area contributed by atoms with Gasteiger partial charge >= 0.3 is 0 Å². The predicted octanol–water partition coefficient (Wildman–Crippen LogP) is 1.79. The van der Waals surface area contributed by atoms with Crippen molar-refractivity contribution in [3.63, 3.8) is 0 Å². The highest BCUT2D eigenvalue weighted by atomic mass is 16.5. The third-order valence-electron chi connectivity index (χ3n) is 4.44. The summed E-state index contributed by atoms with van der Waals surface area (Å²) in [5.74, 6) is 0.668. The van der Waals surface area contributed by atoms with Gasteiger partial charge in [-0.1, -0.05) is 13.8 Å². The van der Waals surface area contributed by atoms with E-state index in [9.17, 15) is 0 Å². The molecule has 1 saturated carbocycles. The van der Waals surface area contributed by atoms with E-state index in [1.807, 2.05) is 0 Å². The molecular weight excluding hydrogens is 162 g/mol. The van der Waals surface area contributed by atoms with E-state index in [-0.39, 0.29) is 5.60 Å². The van der Waals surface area contributed by atoms with Gasteiger partial charge in [0.25, 0.3) is 0 Å². The van der Waals surface area contributed by atoms with E-state index < -0.39 is 0 Å². The first kappa shape index (κ1) is 9.47. The minimum atomic E-state index is 0.0706. The first-order valence-corrected chi connectivity index (χ1v) is 5.20. The summed E-state index contributed by atoms with van der Waals surface area (Å²) in [6.45, 7) is 10.7. The third kappa shape index (κ3) is 1.02. The van der Waals surface area contributed by atoms with Gasteiger partial charge < -0.3 is 10.5 Å². The monoisotopic (exact) mass is 183 g/mol. The highest BCUT2D eigenvalue weighted by Gasteiger charge is 2.73. The maximum absolute atomic E-state index is 5.83. The van der Waals surface area contributed by atoms with E-state index in [0.717, 1.165) is 13.2 Å². The maximum atomic E-state index is 5.83. The molecule has 1 spiro atoms. The molecule has 1 saturated heterocycles. The summed E-state index contributed by atoms with van der Waals surface area (Å²) in [5, 5.41) is 0. The van der Waals surface area contributed by atoms with Gasteiger partial charge in [-0.05, 0) is 38.1 Å². The second-order valence-electron chi connectivity index (χ2n) is 5.89. The van der Waals surface area contributed by atoms with Crippen LogP contribution in [-0.2, 0) is 4.74 Å². The minimum absolute atomic E-state index is 0.0706. The second-order valence-corrected chi connectivity index (χ2v) is 5.89. The van der Waals surface area contributed by atoms with Crippen molar-refractivity contribution >= 4 is 0 Å². The van der Waals surface area contributed by atoms with Crippen LogP contribution in [0.4, 0.5) is 0 Å². The molecule has 76 valence electrons. The average Bonchev–Trinajstić information content (AvgIpc) is 2.31. The molecule has 2 unspecified atom stereocenters. The Labute approximate surface area is 80.8 Å². The van der Waals surface area contributed by atoms with Crippen molar-refractivity contribution < 1.29 is 4.74 Å². The molecule has 2 fully saturated rings. The summed E-state index contributed by atoms with van der Waals surface area (Å²) in [7, 11) is 0. The van der Waals surface area contributed by atoms with Crippen LogP contribution in [0, 0.1) is 16.7 Å². The van der Waals surface area contributed by atoms with Gasteiger partial charge in [-0.3, -0.25) is 0 Å². The molecule has 2 N–H and O–H groups in total. The Kier molecular flexibility index (Phi) is 1.67. The Morgan fingerprint density at radius 3 is 2.23 bits per heavy atom. The van der Waals surface area contributed by atoms with Crippen molar-refractivity contribution in [3.05, 3.63) is 0 Å². The minimum Gasteiger partial charge on any atom is -0.375 e. The zero-order valence-electron chi connectivity index (χ0n) is 9.18. The molecule has 2 rings (SSSR count). The van der Waals surface area contributed by atoms with Gasteiger partial charge in [-0.25, -0.2) is 0 Å². The number of ether oxygens (including phenoxy) is 1. The second kappa shape index (κ2) is 2.29. The van der Waals surface area contributed by atoms with E-state index in [1.54, 1.807) is 0 Å².